The van der Waals surface area contributed by atoms with Crippen LogP contribution in [0.5, 0.6) is 0 Å². The molecule has 1 aromatic carbocycles. The summed E-state index contributed by atoms with van der Waals surface area (Å²) in [5, 5.41) is 7.64. The Labute approximate surface area is 88.4 Å². The summed E-state index contributed by atoms with van der Waals surface area (Å²) in [5.41, 5.74) is 1.08. The Kier molecular flexibility index (Phi) is 2.25. The largest absolute Gasteiger partial charge is 0.465 e. The van der Waals surface area contributed by atoms with Gasteiger partial charge in [0, 0.05) is 5.39 Å². The van der Waals surface area contributed by atoms with Gasteiger partial charge in [-0.05, 0) is 28.1 Å². The van der Waals surface area contributed by atoms with E-state index in [9.17, 15) is 4.79 Å². The fourth-order valence-electron chi connectivity index (χ4n) is 1.28. The van der Waals surface area contributed by atoms with Crippen molar-refractivity contribution in [1.82, 2.24) is 10.2 Å². The first-order chi connectivity index (χ1) is 6.74. The molecular formula is C9H7BrN2O2. The molecule has 0 unspecified atom stereocenters. The zero-order valence-corrected chi connectivity index (χ0v) is 8.96. The number of hydrogen-bond acceptors (Lipinski definition) is 3. The number of hydrogen-bond donors (Lipinski definition) is 1. The molecule has 2 aromatic rings. The molecule has 14 heavy (non-hydrogen) atoms. The summed E-state index contributed by atoms with van der Waals surface area (Å²) in [5.74, 6) is -0.380. The molecular weight excluding hydrogens is 248 g/mol. The average Bonchev–Trinajstić information content (AvgIpc) is 2.59. The normalized spacial score (nSPS) is 10.4. The van der Waals surface area contributed by atoms with Gasteiger partial charge in [-0.3, -0.25) is 5.10 Å². The zero-order chi connectivity index (χ0) is 10.1. The van der Waals surface area contributed by atoms with Crippen LogP contribution in [0.25, 0.3) is 10.9 Å². The molecule has 0 aliphatic rings. The highest BCUT2D eigenvalue weighted by atomic mass is 79.9. The number of H-pyrrole nitrogens is 1. The summed E-state index contributed by atoms with van der Waals surface area (Å²) in [6.07, 6.45) is 0. The van der Waals surface area contributed by atoms with Crippen molar-refractivity contribution in [2.24, 2.45) is 0 Å². The molecule has 0 aliphatic heterocycles. The molecule has 1 aromatic heterocycles. The van der Waals surface area contributed by atoms with Crippen molar-refractivity contribution in [2.75, 3.05) is 7.11 Å². The van der Waals surface area contributed by atoms with E-state index in [4.69, 9.17) is 0 Å². The first-order valence-electron chi connectivity index (χ1n) is 3.95. The smallest absolute Gasteiger partial charge is 0.340 e. The number of methoxy groups -OCH3 is 1. The summed E-state index contributed by atoms with van der Waals surface area (Å²) >= 11 is 3.30. The lowest BCUT2D eigenvalue weighted by molar-refractivity contribution is 0.0603. The summed E-state index contributed by atoms with van der Waals surface area (Å²) in [6, 6.07) is 5.34. The standard InChI is InChI=1S/C9H7BrN2O2/c1-14-9(13)6-4-2-3-5-7(6)11-12-8(5)10/h2-4H,1H3,(H,11,12). The Hall–Kier alpha value is -1.36. The number of aromatic nitrogens is 2. The Morgan fingerprint density at radius 2 is 2.36 bits per heavy atom. The van der Waals surface area contributed by atoms with Crippen molar-refractivity contribution in [1.29, 1.82) is 0 Å². The molecule has 2 rings (SSSR count). The molecule has 5 heteroatoms. The van der Waals surface area contributed by atoms with Crippen molar-refractivity contribution in [3.8, 4) is 0 Å². The van der Waals surface area contributed by atoms with Crippen LogP contribution in [-0.2, 0) is 4.74 Å². The van der Waals surface area contributed by atoms with E-state index >= 15 is 0 Å². The van der Waals surface area contributed by atoms with Crippen LogP contribution in [0, 0.1) is 0 Å². The summed E-state index contributed by atoms with van der Waals surface area (Å²) in [7, 11) is 1.35. The quantitative estimate of drug-likeness (QED) is 0.794. The maximum absolute atomic E-state index is 11.3. The van der Waals surface area contributed by atoms with Crippen LogP contribution >= 0.6 is 15.9 Å². The summed E-state index contributed by atoms with van der Waals surface area (Å²) in [6.45, 7) is 0. The number of ether oxygens (including phenoxy) is 1. The van der Waals surface area contributed by atoms with E-state index in [1.165, 1.54) is 7.11 Å². The predicted octanol–water partition coefficient (Wildman–Crippen LogP) is 2.11. The fraction of sp³-hybridized carbons (Fsp3) is 0.111. The van der Waals surface area contributed by atoms with Crippen LogP contribution in [0.2, 0.25) is 0 Å². The van der Waals surface area contributed by atoms with Crippen molar-refractivity contribution >= 4 is 32.8 Å². The van der Waals surface area contributed by atoms with Crippen LogP contribution in [-0.4, -0.2) is 23.3 Å². The molecule has 4 nitrogen and oxygen atoms in total. The number of nitrogens with one attached hydrogen (secondary N) is 1. The van der Waals surface area contributed by atoms with Gasteiger partial charge in [0.05, 0.1) is 12.7 Å². The third kappa shape index (κ3) is 1.29. The van der Waals surface area contributed by atoms with Crippen molar-refractivity contribution in [3.05, 3.63) is 28.4 Å². The highest BCUT2D eigenvalue weighted by Crippen LogP contribution is 2.23. The van der Waals surface area contributed by atoms with Gasteiger partial charge in [0.2, 0.25) is 0 Å². The molecule has 0 atom stereocenters. The lowest BCUT2D eigenvalue weighted by Gasteiger charge is -1.98. The SMILES string of the molecule is COC(=O)c1cccc2c(Br)[nH]nc12. The molecule has 0 bridgehead atoms. The van der Waals surface area contributed by atoms with Gasteiger partial charge in [0.15, 0.2) is 0 Å². The average molecular weight is 255 g/mol. The molecule has 1 N–H and O–H groups in total. The number of nitrogens with zero attached hydrogens (tertiary/aromatic N) is 1. The fourth-order valence-corrected chi connectivity index (χ4v) is 1.69. The first kappa shape index (κ1) is 9.21. The third-order valence-electron chi connectivity index (χ3n) is 1.94. The molecule has 0 amide bonds. The first-order valence-corrected chi connectivity index (χ1v) is 4.74. The second-order valence-electron chi connectivity index (χ2n) is 2.73. The van der Waals surface area contributed by atoms with E-state index in [2.05, 4.69) is 30.9 Å². The van der Waals surface area contributed by atoms with Crippen LogP contribution in [0.1, 0.15) is 10.4 Å². The highest BCUT2D eigenvalue weighted by Gasteiger charge is 2.13. The van der Waals surface area contributed by atoms with Gasteiger partial charge in [-0.15, -0.1) is 0 Å². The molecule has 0 radical (unpaired) electrons. The third-order valence-corrected chi connectivity index (χ3v) is 2.55. The van der Waals surface area contributed by atoms with Gasteiger partial charge in [-0.2, -0.15) is 5.10 Å². The van der Waals surface area contributed by atoms with E-state index in [0.29, 0.717) is 11.1 Å². The maximum Gasteiger partial charge on any atom is 0.340 e. The summed E-state index contributed by atoms with van der Waals surface area (Å²) in [4.78, 5) is 11.3. The second-order valence-corrected chi connectivity index (χ2v) is 3.52. The number of aromatic amines is 1. The number of rotatable bonds is 1. The number of carbonyl (C=O) groups excluding carboxylic acids is 1. The molecule has 0 spiro atoms. The van der Waals surface area contributed by atoms with Crippen molar-refractivity contribution < 1.29 is 9.53 Å². The number of esters is 1. The minimum atomic E-state index is -0.380. The molecule has 0 fully saturated rings. The molecule has 0 saturated heterocycles. The van der Waals surface area contributed by atoms with Gasteiger partial charge >= 0.3 is 5.97 Å². The number of para-hydroxylation sites is 1. The molecule has 72 valence electrons. The van der Waals surface area contributed by atoms with Gasteiger partial charge in [0.1, 0.15) is 10.1 Å². The van der Waals surface area contributed by atoms with Gasteiger partial charge in [-0.1, -0.05) is 6.07 Å². The van der Waals surface area contributed by atoms with E-state index < -0.39 is 0 Å². The van der Waals surface area contributed by atoms with Crippen LogP contribution in [0.3, 0.4) is 0 Å². The molecule has 0 aliphatic carbocycles. The lowest BCUT2D eigenvalue weighted by Crippen LogP contribution is -2.01. The van der Waals surface area contributed by atoms with E-state index in [1.807, 2.05) is 6.07 Å². The second kappa shape index (κ2) is 3.42. The maximum atomic E-state index is 11.3. The predicted molar refractivity (Wildman–Crippen MR) is 55.1 cm³/mol. The molecule has 1 heterocycles. The van der Waals surface area contributed by atoms with E-state index in [-0.39, 0.29) is 5.97 Å². The van der Waals surface area contributed by atoms with Gasteiger partial charge in [-0.25, -0.2) is 4.79 Å². The lowest BCUT2D eigenvalue weighted by atomic mass is 10.1. The number of benzene rings is 1. The van der Waals surface area contributed by atoms with E-state index in [1.54, 1.807) is 12.1 Å². The minimum Gasteiger partial charge on any atom is -0.465 e. The van der Waals surface area contributed by atoms with Crippen molar-refractivity contribution in [2.45, 2.75) is 0 Å². The van der Waals surface area contributed by atoms with Gasteiger partial charge in [0.25, 0.3) is 0 Å². The van der Waals surface area contributed by atoms with Gasteiger partial charge < -0.3 is 4.74 Å². The van der Waals surface area contributed by atoms with Crippen molar-refractivity contribution in [3.63, 3.8) is 0 Å². The Bertz CT molecular complexity index is 493. The number of halogens is 1. The Balaban J connectivity index is 2.71. The number of carbonyl (C=O) groups is 1. The highest BCUT2D eigenvalue weighted by molar-refractivity contribution is 9.10. The minimum absolute atomic E-state index is 0.380. The Morgan fingerprint density at radius 3 is 3.07 bits per heavy atom. The number of fused-ring (bicyclic) bond motifs is 1. The molecule has 0 saturated carbocycles. The van der Waals surface area contributed by atoms with Crippen LogP contribution < -0.4 is 0 Å². The van der Waals surface area contributed by atoms with Crippen LogP contribution in [0.15, 0.2) is 22.8 Å². The van der Waals surface area contributed by atoms with Crippen LogP contribution in [0.4, 0.5) is 0 Å². The summed E-state index contributed by atoms with van der Waals surface area (Å²) < 4.78 is 5.41. The monoisotopic (exact) mass is 254 g/mol. The topological polar surface area (TPSA) is 55.0 Å². The van der Waals surface area contributed by atoms with E-state index in [0.717, 1.165) is 9.99 Å². The Morgan fingerprint density at radius 1 is 1.57 bits per heavy atom. The zero-order valence-electron chi connectivity index (χ0n) is 7.37.